The van der Waals surface area contributed by atoms with E-state index in [-0.39, 0.29) is 18.0 Å². The molecule has 0 aliphatic heterocycles. The molecule has 7 nitrogen and oxygen atoms in total. The Morgan fingerprint density at radius 1 is 1.03 bits per heavy atom. The topological polar surface area (TPSA) is 88.1 Å². The highest BCUT2D eigenvalue weighted by Gasteiger charge is 2.26. The van der Waals surface area contributed by atoms with Crippen molar-refractivity contribution < 1.29 is 17.9 Å². The highest BCUT2D eigenvalue weighted by molar-refractivity contribution is 9.10. The lowest BCUT2D eigenvalue weighted by Gasteiger charge is -2.21. The van der Waals surface area contributed by atoms with E-state index in [1.54, 1.807) is 60.7 Å². The molecule has 3 rings (SSSR count). The molecule has 0 heterocycles. The summed E-state index contributed by atoms with van der Waals surface area (Å²) in [6.45, 7) is 3.65. The van der Waals surface area contributed by atoms with Crippen LogP contribution in [0.25, 0.3) is 0 Å². The Hall–Kier alpha value is -3.27. The van der Waals surface area contributed by atoms with E-state index in [0.717, 1.165) is 19.9 Å². The third kappa shape index (κ3) is 7.38. The fourth-order valence-corrected chi connectivity index (χ4v) is 4.61. The smallest absolute Gasteiger partial charge is 0.255 e. The molecule has 176 valence electrons. The Bertz CT molecular complexity index is 1230. The molecule has 34 heavy (non-hydrogen) atoms. The van der Waals surface area contributed by atoms with E-state index in [4.69, 9.17) is 4.74 Å². The number of sulfonamides is 1. The van der Waals surface area contributed by atoms with Crippen molar-refractivity contribution in [1.29, 1.82) is 0 Å². The van der Waals surface area contributed by atoms with Gasteiger partial charge in [0.25, 0.3) is 5.91 Å². The van der Waals surface area contributed by atoms with Gasteiger partial charge in [-0.1, -0.05) is 58.9 Å². The van der Waals surface area contributed by atoms with Gasteiger partial charge in [0.1, 0.15) is 12.4 Å². The zero-order valence-corrected chi connectivity index (χ0v) is 20.7. The molecule has 3 aromatic rings. The van der Waals surface area contributed by atoms with E-state index >= 15 is 0 Å². The fourth-order valence-electron chi connectivity index (χ4n) is 2.94. The summed E-state index contributed by atoms with van der Waals surface area (Å²) in [5, 5.41) is 3.95. The number of ether oxygens (including phenoxy) is 1. The molecule has 0 unspecified atom stereocenters. The highest BCUT2D eigenvalue weighted by atomic mass is 79.9. The van der Waals surface area contributed by atoms with E-state index in [1.807, 2.05) is 12.1 Å². The molecular weight excluding hydrogens is 518 g/mol. The van der Waals surface area contributed by atoms with Gasteiger partial charge in [-0.15, -0.1) is 0 Å². The van der Waals surface area contributed by atoms with Crippen molar-refractivity contribution in [2.45, 2.75) is 11.4 Å². The second kappa shape index (κ2) is 12.3. The third-order valence-corrected chi connectivity index (χ3v) is 6.96. The first-order valence-electron chi connectivity index (χ1n) is 10.3. The lowest BCUT2D eigenvalue weighted by Crippen LogP contribution is -2.39. The van der Waals surface area contributed by atoms with Gasteiger partial charge in [0, 0.05) is 11.0 Å². The van der Waals surface area contributed by atoms with E-state index in [2.05, 4.69) is 33.0 Å². The Morgan fingerprint density at radius 3 is 2.35 bits per heavy atom. The van der Waals surface area contributed by atoms with Crippen LogP contribution >= 0.6 is 15.9 Å². The largest absolute Gasteiger partial charge is 0.490 e. The summed E-state index contributed by atoms with van der Waals surface area (Å²) in [4.78, 5) is 12.7. The number of rotatable bonds is 11. The molecule has 0 saturated heterocycles. The maximum absolute atomic E-state index is 13.2. The molecular formula is C25H24BrN3O4S. The number of hydrogen-bond acceptors (Lipinski definition) is 5. The number of amides is 1. The predicted octanol–water partition coefficient (Wildman–Crippen LogP) is 4.36. The molecule has 0 fully saturated rings. The van der Waals surface area contributed by atoms with E-state index in [0.29, 0.717) is 12.4 Å². The van der Waals surface area contributed by atoms with Crippen molar-refractivity contribution in [3.05, 3.63) is 107 Å². The van der Waals surface area contributed by atoms with Crippen molar-refractivity contribution >= 4 is 38.1 Å². The fraction of sp³-hybridized carbons (Fsp3) is 0.120. The molecule has 0 saturated carbocycles. The normalized spacial score (nSPS) is 11.5. The maximum Gasteiger partial charge on any atom is 0.255 e. The van der Waals surface area contributed by atoms with Crippen molar-refractivity contribution in [2.75, 3.05) is 13.2 Å². The van der Waals surface area contributed by atoms with Crippen LogP contribution in [-0.2, 0) is 21.4 Å². The first kappa shape index (κ1) is 25.4. The number of halogens is 1. The standard InChI is InChI=1S/C25H24BrN3O4S/c1-2-16-33-23-14-10-20(11-15-23)17-27-28-25(30)19-29(18-21-8-12-22(26)13-9-21)34(31,32)24-6-4-3-5-7-24/h2-15,17H,1,16,18-19H2,(H,28,30)/b27-17-. The summed E-state index contributed by atoms with van der Waals surface area (Å²) in [5.74, 6) is 0.134. The molecule has 0 bridgehead atoms. The molecule has 0 radical (unpaired) electrons. The van der Waals surface area contributed by atoms with Crippen LogP contribution < -0.4 is 10.2 Å². The number of hydrogen-bond donors (Lipinski definition) is 1. The zero-order valence-electron chi connectivity index (χ0n) is 18.3. The Morgan fingerprint density at radius 2 is 1.71 bits per heavy atom. The molecule has 0 spiro atoms. The molecule has 1 amide bonds. The summed E-state index contributed by atoms with van der Waals surface area (Å²) in [7, 11) is -3.91. The molecule has 0 aliphatic rings. The average Bonchev–Trinajstić information content (AvgIpc) is 2.85. The van der Waals surface area contributed by atoms with Crippen LogP contribution in [0.5, 0.6) is 5.75 Å². The van der Waals surface area contributed by atoms with Crippen LogP contribution in [0.2, 0.25) is 0 Å². The molecule has 0 atom stereocenters. The Balaban J connectivity index is 1.70. The number of carbonyl (C=O) groups is 1. The van der Waals surface area contributed by atoms with Gasteiger partial charge >= 0.3 is 0 Å². The van der Waals surface area contributed by atoms with Crippen LogP contribution in [0.3, 0.4) is 0 Å². The van der Waals surface area contributed by atoms with E-state index in [1.165, 1.54) is 18.3 Å². The monoisotopic (exact) mass is 541 g/mol. The summed E-state index contributed by atoms with van der Waals surface area (Å²) < 4.78 is 33.9. The lowest BCUT2D eigenvalue weighted by molar-refractivity contribution is -0.121. The van der Waals surface area contributed by atoms with Crippen LogP contribution in [0.15, 0.2) is 106 Å². The maximum atomic E-state index is 13.2. The number of hydrazone groups is 1. The lowest BCUT2D eigenvalue weighted by atomic mass is 10.2. The Labute approximate surface area is 207 Å². The van der Waals surface area contributed by atoms with E-state index in [9.17, 15) is 13.2 Å². The summed E-state index contributed by atoms with van der Waals surface area (Å²) in [6, 6.07) is 22.4. The molecule has 1 N–H and O–H groups in total. The summed E-state index contributed by atoms with van der Waals surface area (Å²) >= 11 is 3.37. The second-order valence-electron chi connectivity index (χ2n) is 7.17. The van der Waals surface area contributed by atoms with Gasteiger partial charge in [0.15, 0.2) is 0 Å². The quantitative estimate of drug-likeness (QED) is 0.222. The van der Waals surface area contributed by atoms with Crippen LogP contribution in [0.1, 0.15) is 11.1 Å². The number of carbonyl (C=O) groups excluding carboxylic acids is 1. The van der Waals surface area contributed by atoms with Gasteiger partial charge in [0.2, 0.25) is 10.0 Å². The molecule has 0 aliphatic carbocycles. The molecule has 3 aromatic carbocycles. The Kier molecular flexibility index (Phi) is 9.15. The minimum atomic E-state index is -3.91. The first-order chi connectivity index (χ1) is 16.4. The van der Waals surface area contributed by atoms with E-state index < -0.39 is 15.9 Å². The van der Waals surface area contributed by atoms with Crippen molar-refractivity contribution in [3.8, 4) is 5.75 Å². The number of nitrogens with one attached hydrogen (secondary N) is 1. The average molecular weight is 542 g/mol. The van der Waals surface area contributed by atoms with Crippen LogP contribution in [0.4, 0.5) is 0 Å². The van der Waals surface area contributed by atoms with Gasteiger partial charge in [-0.25, -0.2) is 13.8 Å². The highest BCUT2D eigenvalue weighted by Crippen LogP contribution is 2.19. The summed E-state index contributed by atoms with van der Waals surface area (Å²) in [5.41, 5.74) is 3.89. The van der Waals surface area contributed by atoms with Crippen molar-refractivity contribution in [1.82, 2.24) is 9.73 Å². The van der Waals surface area contributed by atoms with Gasteiger partial charge in [-0.3, -0.25) is 4.79 Å². The zero-order chi connectivity index (χ0) is 24.4. The number of benzene rings is 3. The minimum Gasteiger partial charge on any atom is -0.490 e. The summed E-state index contributed by atoms with van der Waals surface area (Å²) in [6.07, 6.45) is 3.13. The number of nitrogens with zero attached hydrogens (tertiary/aromatic N) is 2. The van der Waals surface area contributed by atoms with Gasteiger partial charge in [-0.05, 0) is 59.7 Å². The van der Waals surface area contributed by atoms with Crippen LogP contribution in [-0.4, -0.2) is 38.0 Å². The van der Waals surface area contributed by atoms with Crippen molar-refractivity contribution in [2.24, 2.45) is 5.10 Å². The predicted molar refractivity (Wildman–Crippen MR) is 136 cm³/mol. The third-order valence-electron chi connectivity index (χ3n) is 4.62. The minimum absolute atomic E-state index is 0.0355. The van der Waals surface area contributed by atoms with Crippen molar-refractivity contribution in [3.63, 3.8) is 0 Å². The van der Waals surface area contributed by atoms with Gasteiger partial charge in [0.05, 0.1) is 17.7 Å². The second-order valence-corrected chi connectivity index (χ2v) is 10.0. The SMILES string of the molecule is C=CCOc1ccc(/C=N\NC(=O)CN(Cc2ccc(Br)cc2)S(=O)(=O)c2ccccc2)cc1. The van der Waals surface area contributed by atoms with Gasteiger partial charge in [-0.2, -0.15) is 9.41 Å². The van der Waals surface area contributed by atoms with Gasteiger partial charge < -0.3 is 4.74 Å². The first-order valence-corrected chi connectivity index (χ1v) is 12.6. The van der Waals surface area contributed by atoms with Crippen LogP contribution in [0, 0.1) is 0 Å². The molecule has 0 aromatic heterocycles. The molecule has 9 heteroatoms.